The Labute approximate surface area is 115 Å². The molecule has 0 aliphatic rings. The number of nitrogens with zero attached hydrogens (tertiary/aromatic N) is 3. The Bertz CT molecular complexity index is 604. The predicted octanol–water partition coefficient (Wildman–Crippen LogP) is 3.43. The lowest BCUT2D eigenvalue weighted by Crippen LogP contribution is -2.09. The van der Waals surface area contributed by atoms with Gasteiger partial charge in [-0.25, -0.2) is 4.39 Å². The first-order valence-electron chi connectivity index (χ1n) is 5.80. The molecule has 0 spiro atoms. The lowest BCUT2D eigenvalue weighted by atomic mass is 10.1. The summed E-state index contributed by atoms with van der Waals surface area (Å²) in [5.41, 5.74) is 1.41. The van der Waals surface area contributed by atoms with Crippen LogP contribution in [-0.2, 0) is 0 Å². The first-order chi connectivity index (χ1) is 8.95. The fourth-order valence-corrected chi connectivity index (χ4v) is 1.75. The van der Waals surface area contributed by atoms with Gasteiger partial charge in [0.1, 0.15) is 5.82 Å². The summed E-state index contributed by atoms with van der Waals surface area (Å²) in [4.78, 5) is 12.1. The summed E-state index contributed by atoms with van der Waals surface area (Å²) in [5.74, 6) is 0.0632. The van der Waals surface area contributed by atoms with E-state index in [0.717, 1.165) is 5.56 Å². The lowest BCUT2D eigenvalue weighted by molar-refractivity contribution is 0.222. The van der Waals surface area contributed by atoms with Crippen molar-refractivity contribution in [1.29, 1.82) is 0 Å². The predicted molar refractivity (Wildman–Crippen MR) is 70.7 cm³/mol. The van der Waals surface area contributed by atoms with Crippen LogP contribution < -0.4 is 4.74 Å². The summed E-state index contributed by atoms with van der Waals surface area (Å²) in [6.07, 6.45) is -0.0689. The van der Waals surface area contributed by atoms with Gasteiger partial charge in [-0.1, -0.05) is 0 Å². The zero-order valence-electron chi connectivity index (χ0n) is 10.8. The zero-order valence-corrected chi connectivity index (χ0v) is 11.6. The van der Waals surface area contributed by atoms with Crippen LogP contribution in [0.1, 0.15) is 19.4 Å². The molecule has 0 saturated carbocycles. The van der Waals surface area contributed by atoms with Crippen molar-refractivity contribution in [2.75, 3.05) is 0 Å². The Morgan fingerprint density at radius 2 is 1.95 bits per heavy atom. The molecule has 100 valence electrons. The Morgan fingerprint density at radius 1 is 1.21 bits per heavy atom. The van der Waals surface area contributed by atoms with Gasteiger partial charge in [-0.3, -0.25) is 0 Å². The van der Waals surface area contributed by atoms with E-state index in [1.54, 1.807) is 13.0 Å². The van der Waals surface area contributed by atoms with Crippen molar-refractivity contribution in [3.05, 3.63) is 34.9 Å². The van der Waals surface area contributed by atoms with Gasteiger partial charge in [0, 0.05) is 5.56 Å². The summed E-state index contributed by atoms with van der Waals surface area (Å²) in [7, 11) is 0. The number of rotatable bonds is 3. The first-order valence-corrected chi connectivity index (χ1v) is 6.18. The van der Waals surface area contributed by atoms with Crippen LogP contribution in [-0.4, -0.2) is 21.1 Å². The van der Waals surface area contributed by atoms with Gasteiger partial charge in [-0.2, -0.15) is 15.0 Å². The van der Waals surface area contributed by atoms with E-state index >= 15 is 0 Å². The third-order valence-corrected chi connectivity index (χ3v) is 2.53. The highest BCUT2D eigenvalue weighted by Crippen LogP contribution is 2.23. The Kier molecular flexibility index (Phi) is 3.95. The van der Waals surface area contributed by atoms with Gasteiger partial charge in [0.15, 0.2) is 5.82 Å². The molecule has 4 nitrogen and oxygen atoms in total. The molecular weight excluding hydrogens is 269 g/mol. The van der Waals surface area contributed by atoms with Gasteiger partial charge in [0.25, 0.3) is 0 Å². The number of aromatic nitrogens is 3. The van der Waals surface area contributed by atoms with Crippen LogP contribution in [0.25, 0.3) is 11.4 Å². The van der Waals surface area contributed by atoms with E-state index in [4.69, 9.17) is 16.3 Å². The van der Waals surface area contributed by atoms with Crippen molar-refractivity contribution in [2.24, 2.45) is 0 Å². The molecule has 2 aromatic rings. The number of hydrogen-bond acceptors (Lipinski definition) is 4. The highest BCUT2D eigenvalue weighted by Gasteiger charge is 2.11. The molecule has 0 amide bonds. The fourth-order valence-electron chi connectivity index (χ4n) is 1.59. The van der Waals surface area contributed by atoms with Crippen molar-refractivity contribution >= 4 is 11.6 Å². The standard InChI is InChI=1S/C13H13ClFN3O/c1-7(2)19-13-17-11(16-12(14)18-13)10-5-4-9(15)6-8(10)3/h4-7H,1-3H3. The van der Waals surface area contributed by atoms with Crippen LogP contribution >= 0.6 is 11.6 Å². The van der Waals surface area contributed by atoms with E-state index in [-0.39, 0.29) is 23.2 Å². The van der Waals surface area contributed by atoms with E-state index in [1.807, 2.05) is 13.8 Å². The minimum Gasteiger partial charge on any atom is -0.461 e. The highest BCUT2D eigenvalue weighted by molar-refractivity contribution is 6.28. The summed E-state index contributed by atoms with van der Waals surface area (Å²) >= 11 is 5.85. The minimum atomic E-state index is -0.306. The molecule has 0 radical (unpaired) electrons. The summed E-state index contributed by atoms with van der Waals surface area (Å²) in [6.45, 7) is 5.50. The maximum atomic E-state index is 13.1. The van der Waals surface area contributed by atoms with Crippen molar-refractivity contribution in [3.8, 4) is 17.4 Å². The molecule has 0 unspecified atom stereocenters. The summed E-state index contributed by atoms with van der Waals surface area (Å²) in [6, 6.07) is 4.53. The van der Waals surface area contributed by atoms with Crippen molar-refractivity contribution in [2.45, 2.75) is 26.9 Å². The largest absolute Gasteiger partial charge is 0.461 e. The van der Waals surface area contributed by atoms with E-state index in [9.17, 15) is 4.39 Å². The highest BCUT2D eigenvalue weighted by atomic mass is 35.5. The second kappa shape index (κ2) is 5.48. The van der Waals surface area contributed by atoms with Crippen molar-refractivity contribution < 1.29 is 9.13 Å². The second-order valence-corrected chi connectivity index (χ2v) is 4.67. The summed E-state index contributed by atoms with van der Waals surface area (Å²) in [5, 5.41) is 0.0457. The molecule has 19 heavy (non-hydrogen) atoms. The molecule has 0 aliphatic carbocycles. The van der Waals surface area contributed by atoms with Crippen LogP contribution in [0, 0.1) is 12.7 Å². The fraction of sp³-hybridized carbons (Fsp3) is 0.308. The number of halogens is 2. The molecular formula is C13H13ClFN3O. The van der Waals surface area contributed by atoms with Gasteiger partial charge >= 0.3 is 6.01 Å². The maximum absolute atomic E-state index is 13.1. The minimum absolute atomic E-state index is 0.0457. The van der Waals surface area contributed by atoms with Gasteiger partial charge in [0.2, 0.25) is 5.28 Å². The Morgan fingerprint density at radius 3 is 2.58 bits per heavy atom. The monoisotopic (exact) mass is 281 g/mol. The van der Waals surface area contributed by atoms with Crippen LogP contribution in [0.15, 0.2) is 18.2 Å². The normalized spacial score (nSPS) is 10.8. The average molecular weight is 282 g/mol. The third-order valence-electron chi connectivity index (χ3n) is 2.36. The van der Waals surface area contributed by atoms with Crippen LogP contribution in [0.4, 0.5) is 4.39 Å². The quantitative estimate of drug-likeness (QED) is 0.865. The topological polar surface area (TPSA) is 47.9 Å². The summed E-state index contributed by atoms with van der Waals surface area (Å²) < 4.78 is 18.5. The van der Waals surface area contributed by atoms with Crippen molar-refractivity contribution in [3.63, 3.8) is 0 Å². The Hall–Kier alpha value is -1.75. The molecule has 0 fully saturated rings. The van der Waals surface area contributed by atoms with Gasteiger partial charge in [-0.15, -0.1) is 0 Å². The van der Waals surface area contributed by atoms with Gasteiger partial charge in [-0.05, 0) is 56.1 Å². The lowest BCUT2D eigenvalue weighted by Gasteiger charge is -2.09. The second-order valence-electron chi connectivity index (χ2n) is 4.34. The van der Waals surface area contributed by atoms with Gasteiger partial charge < -0.3 is 4.74 Å². The molecule has 0 N–H and O–H groups in total. The molecule has 0 atom stereocenters. The molecule has 1 heterocycles. The number of benzene rings is 1. The SMILES string of the molecule is Cc1cc(F)ccc1-c1nc(Cl)nc(OC(C)C)n1. The third kappa shape index (κ3) is 3.38. The van der Waals surface area contributed by atoms with Crippen LogP contribution in [0.3, 0.4) is 0 Å². The van der Waals surface area contributed by atoms with E-state index in [0.29, 0.717) is 11.4 Å². The molecule has 0 aliphatic heterocycles. The smallest absolute Gasteiger partial charge is 0.321 e. The van der Waals surface area contributed by atoms with E-state index in [2.05, 4.69) is 15.0 Å². The number of hydrogen-bond donors (Lipinski definition) is 0. The number of aryl methyl sites for hydroxylation is 1. The molecule has 0 saturated heterocycles. The zero-order chi connectivity index (χ0) is 14.0. The molecule has 2 rings (SSSR count). The van der Waals surface area contributed by atoms with E-state index < -0.39 is 0 Å². The van der Waals surface area contributed by atoms with Gasteiger partial charge in [0.05, 0.1) is 6.10 Å². The Balaban J connectivity index is 2.46. The average Bonchev–Trinajstić information content (AvgIpc) is 2.26. The molecule has 0 bridgehead atoms. The molecule has 1 aromatic heterocycles. The van der Waals surface area contributed by atoms with E-state index in [1.165, 1.54) is 12.1 Å². The van der Waals surface area contributed by atoms with Crippen molar-refractivity contribution in [1.82, 2.24) is 15.0 Å². The first kappa shape index (κ1) is 13.7. The maximum Gasteiger partial charge on any atom is 0.321 e. The van der Waals surface area contributed by atoms with Crippen LogP contribution in [0.2, 0.25) is 5.28 Å². The van der Waals surface area contributed by atoms with Crippen LogP contribution in [0.5, 0.6) is 6.01 Å². The molecule has 6 heteroatoms. The number of ether oxygens (including phenoxy) is 1. The molecule has 1 aromatic carbocycles.